The molecule has 21 heavy (non-hydrogen) atoms. The van der Waals surface area contributed by atoms with Gasteiger partial charge in [0.15, 0.2) is 17.3 Å². The molecule has 0 aromatic heterocycles. The van der Waals surface area contributed by atoms with E-state index in [4.69, 9.17) is 21.1 Å². The highest BCUT2D eigenvalue weighted by atomic mass is 35.5. The van der Waals surface area contributed by atoms with E-state index in [0.717, 1.165) is 4.90 Å². The fourth-order valence-electron chi connectivity index (χ4n) is 2.01. The molecule has 0 aliphatic rings. The molecule has 0 saturated carbocycles. The summed E-state index contributed by atoms with van der Waals surface area (Å²) in [6.07, 6.45) is 1.93. The quantitative estimate of drug-likeness (QED) is 0.607. The maximum absolute atomic E-state index is 12.7. The zero-order valence-electron chi connectivity index (χ0n) is 12.0. The highest BCUT2D eigenvalue weighted by Crippen LogP contribution is 2.35. The molecule has 0 saturated heterocycles. The van der Waals surface area contributed by atoms with Crippen LogP contribution < -0.4 is 9.47 Å². The molecule has 0 spiro atoms. The van der Waals surface area contributed by atoms with Crippen molar-refractivity contribution in [2.75, 3.05) is 20.5 Å². The Morgan fingerprint density at radius 3 is 2.29 bits per heavy atom. The molecule has 0 aliphatic carbocycles. The van der Waals surface area contributed by atoms with Gasteiger partial charge in [-0.15, -0.1) is 11.8 Å². The van der Waals surface area contributed by atoms with Gasteiger partial charge >= 0.3 is 0 Å². The second-order valence-electron chi connectivity index (χ2n) is 4.22. The molecule has 0 radical (unpaired) electrons. The molecule has 0 N–H and O–H groups in total. The normalized spacial score (nSPS) is 10.3. The Kier molecular flexibility index (Phi) is 5.15. The molecule has 0 fully saturated rings. The van der Waals surface area contributed by atoms with E-state index in [1.165, 1.54) is 26.0 Å². The molecule has 0 amide bonds. The van der Waals surface area contributed by atoms with Crippen molar-refractivity contribution in [2.45, 2.75) is 4.90 Å². The average molecular weight is 323 g/mol. The Labute approximate surface area is 133 Å². The van der Waals surface area contributed by atoms with E-state index in [-0.39, 0.29) is 5.78 Å². The summed E-state index contributed by atoms with van der Waals surface area (Å²) in [7, 11) is 3.05. The Hall–Kier alpha value is -1.65. The molecule has 2 rings (SSSR count). The van der Waals surface area contributed by atoms with E-state index in [1.807, 2.05) is 24.5 Å². The zero-order chi connectivity index (χ0) is 15.4. The minimum Gasteiger partial charge on any atom is -0.493 e. The fourth-order valence-corrected chi connectivity index (χ4v) is 2.84. The number of hydrogen-bond acceptors (Lipinski definition) is 4. The maximum Gasteiger partial charge on any atom is 0.195 e. The number of ether oxygens (including phenoxy) is 2. The third-order valence-electron chi connectivity index (χ3n) is 3.07. The summed E-state index contributed by atoms with van der Waals surface area (Å²) in [4.78, 5) is 13.6. The Morgan fingerprint density at radius 1 is 1.05 bits per heavy atom. The van der Waals surface area contributed by atoms with Crippen molar-refractivity contribution in [3.63, 3.8) is 0 Å². The van der Waals surface area contributed by atoms with E-state index < -0.39 is 0 Å². The molecule has 110 valence electrons. The summed E-state index contributed by atoms with van der Waals surface area (Å²) in [5.74, 6) is 0.843. The van der Waals surface area contributed by atoms with Gasteiger partial charge in [0.25, 0.3) is 0 Å². The molecule has 0 atom stereocenters. The molecule has 5 heteroatoms. The molecule has 3 nitrogen and oxygen atoms in total. The van der Waals surface area contributed by atoms with E-state index in [2.05, 4.69) is 0 Å². The first kappa shape index (κ1) is 15.7. The number of rotatable bonds is 5. The van der Waals surface area contributed by atoms with Gasteiger partial charge in [0.2, 0.25) is 0 Å². The molecule has 2 aromatic rings. The number of thioether (sulfide) groups is 1. The lowest BCUT2D eigenvalue weighted by atomic mass is 10.0. The first-order valence-electron chi connectivity index (χ1n) is 6.21. The lowest BCUT2D eigenvalue weighted by Gasteiger charge is -2.12. The van der Waals surface area contributed by atoms with Gasteiger partial charge in [0.1, 0.15) is 0 Å². The van der Waals surface area contributed by atoms with Crippen LogP contribution in [0.1, 0.15) is 15.9 Å². The van der Waals surface area contributed by atoms with Crippen LogP contribution in [0.25, 0.3) is 0 Å². The van der Waals surface area contributed by atoms with E-state index >= 15 is 0 Å². The number of methoxy groups -OCH3 is 2. The largest absolute Gasteiger partial charge is 0.493 e. The molecular weight excluding hydrogens is 308 g/mol. The molecule has 0 bridgehead atoms. The third kappa shape index (κ3) is 3.17. The summed E-state index contributed by atoms with van der Waals surface area (Å²) >= 11 is 7.74. The Bertz CT molecular complexity index is 671. The highest BCUT2D eigenvalue weighted by Gasteiger charge is 2.19. The predicted molar refractivity (Wildman–Crippen MR) is 86.2 cm³/mol. The van der Waals surface area contributed by atoms with Crippen LogP contribution >= 0.6 is 23.4 Å². The summed E-state index contributed by atoms with van der Waals surface area (Å²) in [6.45, 7) is 0. The molecule has 0 unspecified atom stereocenters. The number of carbonyl (C=O) groups is 1. The molecular formula is C16H15ClO3S. The van der Waals surface area contributed by atoms with Gasteiger partial charge in [-0.25, -0.2) is 0 Å². The Balaban J connectivity index is 2.53. The summed E-state index contributed by atoms with van der Waals surface area (Å²) < 4.78 is 10.4. The fraction of sp³-hybridized carbons (Fsp3) is 0.188. The lowest BCUT2D eigenvalue weighted by molar-refractivity contribution is 0.103. The topological polar surface area (TPSA) is 35.5 Å². The summed E-state index contributed by atoms with van der Waals surface area (Å²) in [5, 5.41) is 0.341. The van der Waals surface area contributed by atoms with Crippen molar-refractivity contribution in [3.05, 3.63) is 52.5 Å². The van der Waals surface area contributed by atoms with Crippen molar-refractivity contribution in [1.82, 2.24) is 0 Å². The van der Waals surface area contributed by atoms with Crippen molar-refractivity contribution in [1.29, 1.82) is 0 Å². The number of ketones is 1. The van der Waals surface area contributed by atoms with E-state index in [1.54, 1.807) is 18.2 Å². The lowest BCUT2D eigenvalue weighted by Crippen LogP contribution is -2.05. The number of halogens is 1. The Morgan fingerprint density at radius 2 is 1.67 bits per heavy atom. The molecule has 0 heterocycles. The second kappa shape index (κ2) is 6.87. The van der Waals surface area contributed by atoms with Crippen LogP contribution in [0.4, 0.5) is 0 Å². The van der Waals surface area contributed by atoms with Gasteiger partial charge < -0.3 is 9.47 Å². The van der Waals surface area contributed by atoms with Crippen molar-refractivity contribution < 1.29 is 14.3 Å². The number of benzene rings is 2. The standard InChI is InChI=1S/C16H15ClO3S/c1-19-13-8-11(12(17)9-14(13)20-2)16(18)10-6-4-5-7-15(10)21-3/h4-9H,1-3H3. The SMILES string of the molecule is COc1cc(Cl)c(C(=O)c2ccccc2SC)cc1OC. The zero-order valence-corrected chi connectivity index (χ0v) is 13.5. The maximum atomic E-state index is 12.7. The van der Waals surface area contributed by atoms with Crippen molar-refractivity contribution >= 4 is 29.1 Å². The van der Waals surface area contributed by atoms with Gasteiger partial charge in [-0.05, 0) is 24.5 Å². The molecule has 2 aromatic carbocycles. The van der Waals surface area contributed by atoms with Crippen LogP contribution in [0, 0.1) is 0 Å². The van der Waals surface area contributed by atoms with Crippen LogP contribution in [-0.2, 0) is 0 Å². The molecule has 0 aliphatic heterocycles. The van der Waals surface area contributed by atoms with E-state index in [9.17, 15) is 4.79 Å². The highest BCUT2D eigenvalue weighted by molar-refractivity contribution is 7.98. The average Bonchev–Trinajstić information content (AvgIpc) is 2.53. The summed E-state index contributed by atoms with van der Waals surface area (Å²) in [5.41, 5.74) is 1.02. The van der Waals surface area contributed by atoms with Gasteiger partial charge in [-0.3, -0.25) is 4.79 Å². The first-order chi connectivity index (χ1) is 10.1. The summed E-state index contributed by atoms with van der Waals surface area (Å²) in [6, 6.07) is 10.6. The van der Waals surface area contributed by atoms with Gasteiger partial charge in [-0.2, -0.15) is 0 Å². The monoisotopic (exact) mass is 322 g/mol. The van der Waals surface area contributed by atoms with Crippen LogP contribution in [0.3, 0.4) is 0 Å². The second-order valence-corrected chi connectivity index (χ2v) is 5.47. The predicted octanol–water partition coefficient (Wildman–Crippen LogP) is 4.31. The van der Waals surface area contributed by atoms with Crippen LogP contribution in [-0.4, -0.2) is 26.3 Å². The van der Waals surface area contributed by atoms with Crippen LogP contribution in [0.15, 0.2) is 41.3 Å². The number of hydrogen-bond donors (Lipinski definition) is 0. The minimum absolute atomic E-state index is 0.133. The number of carbonyl (C=O) groups excluding carboxylic acids is 1. The third-order valence-corrected chi connectivity index (χ3v) is 4.18. The van der Waals surface area contributed by atoms with Crippen LogP contribution in [0.2, 0.25) is 5.02 Å². The van der Waals surface area contributed by atoms with Crippen molar-refractivity contribution in [3.8, 4) is 11.5 Å². The van der Waals surface area contributed by atoms with E-state index in [0.29, 0.717) is 27.6 Å². The van der Waals surface area contributed by atoms with Gasteiger partial charge in [0, 0.05) is 22.1 Å². The van der Waals surface area contributed by atoms with Gasteiger partial charge in [-0.1, -0.05) is 23.7 Å². The van der Waals surface area contributed by atoms with Crippen LogP contribution in [0.5, 0.6) is 11.5 Å². The first-order valence-corrected chi connectivity index (χ1v) is 7.81. The minimum atomic E-state index is -0.133. The smallest absolute Gasteiger partial charge is 0.195 e. The van der Waals surface area contributed by atoms with Crippen molar-refractivity contribution in [2.24, 2.45) is 0 Å². The van der Waals surface area contributed by atoms with Gasteiger partial charge in [0.05, 0.1) is 19.2 Å².